The number of rotatable bonds is 7. The van der Waals surface area contributed by atoms with Crippen LogP contribution in [-0.2, 0) is 11.3 Å². The zero-order chi connectivity index (χ0) is 14.3. The Labute approximate surface area is 114 Å². The van der Waals surface area contributed by atoms with E-state index >= 15 is 0 Å². The molecule has 0 aliphatic carbocycles. The van der Waals surface area contributed by atoms with Gasteiger partial charge in [-0.1, -0.05) is 18.5 Å². The molecule has 3 N–H and O–H groups in total. The molecule has 5 heteroatoms. The summed E-state index contributed by atoms with van der Waals surface area (Å²) >= 11 is 0. The van der Waals surface area contributed by atoms with E-state index in [0.29, 0.717) is 12.2 Å². The summed E-state index contributed by atoms with van der Waals surface area (Å²) in [6.45, 7) is 4.61. The number of benzene rings is 1. The SMILES string of the molecule is CCCC(C)OCc1cc(/C(N)=N/O)ccc1OC. The smallest absolute Gasteiger partial charge is 0.170 e. The average molecular weight is 266 g/mol. The molecule has 0 spiro atoms. The fourth-order valence-corrected chi connectivity index (χ4v) is 1.83. The molecule has 1 atom stereocenters. The van der Waals surface area contributed by atoms with Gasteiger partial charge < -0.3 is 20.4 Å². The van der Waals surface area contributed by atoms with Crippen molar-refractivity contribution in [1.82, 2.24) is 0 Å². The molecule has 0 aliphatic heterocycles. The van der Waals surface area contributed by atoms with Crippen LogP contribution in [0.2, 0.25) is 0 Å². The molecule has 1 aromatic carbocycles. The molecule has 5 nitrogen and oxygen atoms in total. The van der Waals surface area contributed by atoms with Crippen molar-refractivity contribution in [1.29, 1.82) is 0 Å². The first kappa shape index (κ1) is 15.3. The molecule has 0 bridgehead atoms. The Kier molecular flexibility index (Phi) is 6.15. The first-order chi connectivity index (χ1) is 9.12. The second-order valence-electron chi connectivity index (χ2n) is 4.42. The van der Waals surface area contributed by atoms with Crippen LogP contribution < -0.4 is 10.5 Å². The molecular weight excluding hydrogens is 244 g/mol. The molecule has 1 rings (SSSR count). The first-order valence-corrected chi connectivity index (χ1v) is 6.38. The lowest BCUT2D eigenvalue weighted by atomic mass is 10.1. The Hall–Kier alpha value is -1.75. The van der Waals surface area contributed by atoms with E-state index in [0.717, 1.165) is 24.2 Å². The molecule has 0 saturated heterocycles. The van der Waals surface area contributed by atoms with Crippen molar-refractivity contribution >= 4 is 5.84 Å². The van der Waals surface area contributed by atoms with E-state index in [4.69, 9.17) is 20.4 Å². The number of nitrogens with zero attached hydrogens (tertiary/aromatic N) is 1. The third-order valence-corrected chi connectivity index (χ3v) is 2.90. The largest absolute Gasteiger partial charge is 0.496 e. The number of amidine groups is 1. The highest BCUT2D eigenvalue weighted by Gasteiger charge is 2.09. The highest BCUT2D eigenvalue weighted by atomic mass is 16.5. The zero-order valence-corrected chi connectivity index (χ0v) is 11.7. The lowest BCUT2D eigenvalue weighted by Gasteiger charge is -2.15. The van der Waals surface area contributed by atoms with Gasteiger partial charge in [-0.25, -0.2) is 0 Å². The summed E-state index contributed by atoms with van der Waals surface area (Å²) in [6.07, 6.45) is 2.30. The maximum Gasteiger partial charge on any atom is 0.170 e. The third-order valence-electron chi connectivity index (χ3n) is 2.90. The summed E-state index contributed by atoms with van der Waals surface area (Å²) in [7, 11) is 1.61. The quantitative estimate of drug-likeness (QED) is 0.344. The van der Waals surface area contributed by atoms with E-state index in [1.807, 2.05) is 13.0 Å². The Morgan fingerprint density at radius 3 is 2.79 bits per heavy atom. The standard InChI is InChI=1S/C14H22N2O3/c1-4-5-10(2)19-9-12-8-11(14(15)16-17)6-7-13(12)18-3/h6-8,10,17H,4-5,9H2,1-3H3,(H2,15,16). The second-order valence-corrected chi connectivity index (χ2v) is 4.42. The Balaban J connectivity index is 2.84. The highest BCUT2D eigenvalue weighted by molar-refractivity contribution is 5.97. The Bertz CT molecular complexity index is 433. The minimum Gasteiger partial charge on any atom is -0.496 e. The molecular formula is C14H22N2O3. The minimum absolute atomic E-state index is 0.0745. The van der Waals surface area contributed by atoms with Crippen LogP contribution in [0.25, 0.3) is 0 Å². The van der Waals surface area contributed by atoms with Crippen molar-refractivity contribution in [2.24, 2.45) is 10.9 Å². The molecule has 106 valence electrons. The van der Waals surface area contributed by atoms with Crippen LogP contribution in [0.4, 0.5) is 0 Å². The van der Waals surface area contributed by atoms with Gasteiger partial charge in [-0.2, -0.15) is 0 Å². The predicted octanol–water partition coefficient (Wildman–Crippen LogP) is 2.49. The van der Waals surface area contributed by atoms with Crippen LogP contribution >= 0.6 is 0 Å². The van der Waals surface area contributed by atoms with Gasteiger partial charge in [-0.3, -0.25) is 0 Å². The number of hydrogen-bond acceptors (Lipinski definition) is 4. The fourth-order valence-electron chi connectivity index (χ4n) is 1.83. The zero-order valence-electron chi connectivity index (χ0n) is 11.7. The van der Waals surface area contributed by atoms with E-state index in [-0.39, 0.29) is 11.9 Å². The summed E-state index contributed by atoms with van der Waals surface area (Å²) in [6, 6.07) is 5.34. The second kappa shape index (κ2) is 7.63. The van der Waals surface area contributed by atoms with Crippen molar-refractivity contribution in [3.8, 4) is 5.75 Å². The van der Waals surface area contributed by atoms with Gasteiger partial charge in [0.05, 0.1) is 19.8 Å². The molecule has 19 heavy (non-hydrogen) atoms. The lowest BCUT2D eigenvalue weighted by Crippen LogP contribution is -2.14. The number of ether oxygens (including phenoxy) is 2. The van der Waals surface area contributed by atoms with Gasteiger partial charge in [0.1, 0.15) is 5.75 Å². The summed E-state index contributed by atoms with van der Waals surface area (Å²) in [5.74, 6) is 0.809. The summed E-state index contributed by atoms with van der Waals surface area (Å²) in [4.78, 5) is 0. The van der Waals surface area contributed by atoms with Crippen LogP contribution in [0, 0.1) is 0 Å². The van der Waals surface area contributed by atoms with E-state index in [1.165, 1.54) is 0 Å². The third kappa shape index (κ3) is 4.44. The molecule has 0 aliphatic rings. The van der Waals surface area contributed by atoms with Gasteiger partial charge in [0.25, 0.3) is 0 Å². The Morgan fingerprint density at radius 2 is 2.21 bits per heavy atom. The van der Waals surface area contributed by atoms with Crippen LogP contribution in [-0.4, -0.2) is 24.3 Å². The maximum atomic E-state index is 8.69. The molecule has 0 aromatic heterocycles. The summed E-state index contributed by atoms with van der Waals surface area (Å²) < 4.78 is 11.0. The van der Waals surface area contributed by atoms with Gasteiger partial charge in [0.2, 0.25) is 0 Å². The summed E-state index contributed by atoms with van der Waals surface area (Å²) in [5.41, 5.74) is 7.10. The van der Waals surface area contributed by atoms with Gasteiger partial charge in [0, 0.05) is 11.1 Å². The topological polar surface area (TPSA) is 77.1 Å². The highest BCUT2D eigenvalue weighted by Crippen LogP contribution is 2.21. The van der Waals surface area contributed by atoms with E-state index < -0.39 is 0 Å². The molecule has 1 unspecified atom stereocenters. The van der Waals surface area contributed by atoms with Crippen LogP contribution in [0.3, 0.4) is 0 Å². The minimum atomic E-state index is 0.0745. The molecule has 0 amide bonds. The summed E-state index contributed by atoms with van der Waals surface area (Å²) in [5, 5.41) is 11.7. The van der Waals surface area contributed by atoms with Crippen molar-refractivity contribution in [2.45, 2.75) is 39.4 Å². The molecule has 0 fully saturated rings. The molecule has 0 heterocycles. The van der Waals surface area contributed by atoms with Crippen molar-refractivity contribution in [3.05, 3.63) is 29.3 Å². The molecule has 0 radical (unpaired) electrons. The van der Waals surface area contributed by atoms with Gasteiger partial charge >= 0.3 is 0 Å². The number of oxime groups is 1. The molecule has 0 saturated carbocycles. The predicted molar refractivity (Wildman–Crippen MR) is 74.7 cm³/mol. The van der Waals surface area contributed by atoms with E-state index in [1.54, 1.807) is 19.2 Å². The van der Waals surface area contributed by atoms with E-state index in [9.17, 15) is 0 Å². The molecule has 1 aromatic rings. The monoisotopic (exact) mass is 266 g/mol. The van der Waals surface area contributed by atoms with Crippen molar-refractivity contribution < 1.29 is 14.7 Å². The van der Waals surface area contributed by atoms with Gasteiger partial charge in [-0.15, -0.1) is 0 Å². The normalized spacial score (nSPS) is 13.3. The van der Waals surface area contributed by atoms with Crippen LogP contribution in [0.5, 0.6) is 5.75 Å². The fraction of sp³-hybridized carbons (Fsp3) is 0.500. The van der Waals surface area contributed by atoms with E-state index in [2.05, 4.69) is 12.1 Å². The van der Waals surface area contributed by atoms with Gasteiger partial charge in [-0.05, 0) is 31.5 Å². The first-order valence-electron chi connectivity index (χ1n) is 6.38. The Morgan fingerprint density at radius 1 is 1.47 bits per heavy atom. The number of nitrogens with two attached hydrogens (primary N) is 1. The maximum absolute atomic E-state index is 8.69. The van der Waals surface area contributed by atoms with Crippen molar-refractivity contribution in [3.63, 3.8) is 0 Å². The van der Waals surface area contributed by atoms with Crippen LogP contribution in [0.1, 0.15) is 37.8 Å². The van der Waals surface area contributed by atoms with Gasteiger partial charge in [0.15, 0.2) is 5.84 Å². The average Bonchev–Trinajstić information content (AvgIpc) is 2.44. The number of hydrogen-bond donors (Lipinski definition) is 2. The van der Waals surface area contributed by atoms with Crippen LogP contribution in [0.15, 0.2) is 23.4 Å². The van der Waals surface area contributed by atoms with Crippen molar-refractivity contribution in [2.75, 3.05) is 7.11 Å². The lowest BCUT2D eigenvalue weighted by molar-refractivity contribution is 0.0461. The number of methoxy groups -OCH3 is 1.